The second kappa shape index (κ2) is 16.2. The molecule has 0 saturated heterocycles. The Kier molecular flexibility index (Phi) is 9.33. The first-order chi connectivity index (χ1) is 34.7. The van der Waals surface area contributed by atoms with Gasteiger partial charge in [0.25, 0.3) is 0 Å². The molecule has 1 aliphatic rings. The van der Waals surface area contributed by atoms with Gasteiger partial charge in [-0.1, -0.05) is 206 Å². The Morgan fingerprint density at radius 3 is 1.64 bits per heavy atom. The van der Waals surface area contributed by atoms with E-state index < -0.39 is 5.41 Å². The van der Waals surface area contributed by atoms with Gasteiger partial charge in [-0.05, 0) is 110 Å². The van der Waals surface area contributed by atoms with E-state index in [2.05, 4.69) is 254 Å². The lowest BCUT2D eigenvalue weighted by Gasteiger charge is -2.34. The number of para-hydroxylation sites is 2. The third-order valence-corrected chi connectivity index (χ3v) is 15.7. The SMILES string of the molecule is c1ccc(C2(c3ccccc3)c3ccccc3-c3c(N(c4ccc(-c5cccc(-c6cccc7c6oc6ccccc67)c5)cc4)c4ccc(-c5ccc6c(c5)sc5ccccc56)cc4)cccc32)cc1. The molecule has 13 aromatic rings. The molecule has 2 heterocycles. The minimum Gasteiger partial charge on any atom is -0.455 e. The number of thiophene rings is 1. The van der Waals surface area contributed by atoms with Crippen LogP contribution in [0.3, 0.4) is 0 Å². The summed E-state index contributed by atoms with van der Waals surface area (Å²) >= 11 is 1.86. The Morgan fingerprint density at radius 1 is 0.343 bits per heavy atom. The molecule has 3 heteroatoms. The van der Waals surface area contributed by atoms with Crippen molar-refractivity contribution in [2.45, 2.75) is 5.41 Å². The molecule has 0 atom stereocenters. The van der Waals surface area contributed by atoms with Crippen LogP contribution in [0.1, 0.15) is 22.3 Å². The first-order valence-corrected chi connectivity index (χ1v) is 24.8. The molecular formula is C67H43NOS. The molecule has 0 spiro atoms. The van der Waals surface area contributed by atoms with Gasteiger partial charge < -0.3 is 9.32 Å². The van der Waals surface area contributed by atoms with Crippen LogP contribution in [-0.4, -0.2) is 0 Å². The Morgan fingerprint density at radius 2 is 0.886 bits per heavy atom. The summed E-state index contributed by atoms with van der Waals surface area (Å²) < 4.78 is 9.11. The molecule has 0 radical (unpaired) electrons. The third kappa shape index (κ3) is 6.25. The number of hydrogen-bond donors (Lipinski definition) is 0. The van der Waals surface area contributed by atoms with E-state index in [-0.39, 0.29) is 0 Å². The average Bonchev–Trinajstić information content (AvgIpc) is 4.11. The van der Waals surface area contributed by atoms with Gasteiger partial charge in [-0.2, -0.15) is 0 Å². The van der Waals surface area contributed by atoms with Crippen LogP contribution in [0.2, 0.25) is 0 Å². The second-order valence-corrected chi connectivity index (χ2v) is 19.4. The standard InChI is InChI=1S/C67H43NOS/c1-3-18-49(19-4-1)67(50-20-5-2-6-21-50)59-27-10-7-24-58(59)65-60(67)28-15-29-61(65)68(52-39-34-45(35-40-52)47-36-41-56-55-23-9-12-31-63(55)70-64(56)43-47)51-37-32-44(33-38-51)46-16-13-17-48(42-46)53-25-14-26-57-54-22-8-11-30-62(54)69-66(53)57/h1-43H. The number of anilines is 3. The maximum Gasteiger partial charge on any atom is 0.143 e. The average molecular weight is 910 g/mol. The van der Waals surface area contributed by atoms with E-state index in [4.69, 9.17) is 4.42 Å². The fourth-order valence-electron chi connectivity index (χ4n) is 11.4. The van der Waals surface area contributed by atoms with Gasteiger partial charge >= 0.3 is 0 Å². The van der Waals surface area contributed by atoms with Gasteiger partial charge in [0, 0.05) is 53.4 Å². The highest BCUT2D eigenvalue weighted by atomic mass is 32.1. The minimum atomic E-state index is -0.521. The number of fused-ring (bicyclic) bond motifs is 9. The molecular weight excluding hydrogens is 867 g/mol. The predicted octanol–water partition coefficient (Wildman–Crippen LogP) is 18.8. The van der Waals surface area contributed by atoms with Crippen molar-refractivity contribution in [1.82, 2.24) is 0 Å². The van der Waals surface area contributed by atoms with Crippen LogP contribution in [0.5, 0.6) is 0 Å². The molecule has 0 unspecified atom stereocenters. The summed E-state index contributed by atoms with van der Waals surface area (Å²) in [7, 11) is 0. The second-order valence-electron chi connectivity index (χ2n) is 18.3. The first kappa shape index (κ1) is 40.3. The minimum absolute atomic E-state index is 0.521. The van der Waals surface area contributed by atoms with Crippen LogP contribution in [0.15, 0.2) is 265 Å². The van der Waals surface area contributed by atoms with Gasteiger partial charge in [0.15, 0.2) is 0 Å². The van der Waals surface area contributed by atoms with Crippen molar-refractivity contribution in [2.75, 3.05) is 4.90 Å². The van der Waals surface area contributed by atoms with Crippen LogP contribution in [0.4, 0.5) is 17.1 Å². The van der Waals surface area contributed by atoms with Crippen LogP contribution in [0.25, 0.3) is 86.6 Å². The number of hydrogen-bond acceptors (Lipinski definition) is 3. The Hall–Kier alpha value is -8.76. The molecule has 11 aromatic carbocycles. The molecule has 0 fully saturated rings. The Bertz CT molecular complexity index is 4070. The summed E-state index contributed by atoms with van der Waals surface area (Å²) in [4.78, 5) is 2.46. The summed E-state index contributed by atoms with van der Waals surface area (Å²) in [5, 5.41) is 4.90. The van der Waals surface area contributed by atoms with Crippen molar-refractivity contribution < 1.29 is 4.42 Å². The lowest BCUT2D eigenvalue weighted by Crippen LogP contribution is -2.28. The highest BCUT2D eigenvalue weighted by Gasteiger charge is 2.47. The maximum absolute atomic E-state index is 6.48. The molecule has 0 aliphatic heterocycles. The fourth-order valence-corrected chi connectivity index (χ4v) is 12.6. The molecule has 328 valence electrons. The molecule has 2 nitrogen and oxygen atoms in total. The zero-order chi connectivity index (χ0) is 46.2. The van der Waals surface area contributed by atoms with E-state index in [0.29, 0.717) is 0 Å². The van der Waals surface area contributed by atoms with E-state index in [1.54, 1.807) is 0 Å². The van der Waals surface area contributed by atoms with E-state index in [9.17, 15) is 0 Å². The van der Waals surface area contributed by atoms with Crippen LogP contribution in [0, 0.1) is 0 Å². The predicted molar refractivity (Wildman–Crippen MR) is 295 cm³/mol. The summed E-state index contributed by atoms with van der Waals surface area (Å²) in [5.74, 6) is 0. The fraction of sp³-hybridized carbons (Fsp3) is 0.0149. The van der Waals surface area contributed by atoms with Gasteiger partial charge in [-0.25, -0.2) is 0 Å². The lowest BCUT2D eigenvalue weighted by molar-refractivity contribution is 0.670. The van der Waals surface area contributed by atoms with E-state index >= 15 is 0 Å². The topological polar surface area (TPSA) is 16.4 Å². The molecule has 14 rings (SSSR count). The summed E-state index contributed by atoms with van der Waals surface area (Å²) in [6.45, 7) is 0. The third-order valence-electron chi connectivity index (χ3n) is 14.6. The lowest BCUT2D eigenvalue weighted by atomic mass is 9.68. The van der Waals surface area contributed by atoms with Crippen LogP contribution < -0.4 is 4.90 Å². The first-order valence-electron chi connectivity index (χ1n) is 24.0. The van der Waals surface area contributed by atoms with Crippen molar-refractivity contribution in [1.29, 1.82) is 0 Å². The van der Waals surface area contributed by atoms with Crippen molar-refractivity contribution >= 4 is 70.5 Å². The molecule has 0 amide bonds. The zero-order valence-corrected chi connectivity index (χ0v) is 38.9. The zero-order valence-electron chi connectivity index (χ0n) is 38.1. The highest BCUT2D eigenvalue weighted by molar-refractivity contribution is 7.25. The number of furan rings is 1. The smallest absolute Gasteiger partial charge is 0.143 e. The largest absolute Gasteiger partial charge is 0.455 e. The van der Waals surface area contributed by atoms with Crippen molar-refractivity contribution in [3.8, 4) is 44.5 Å². The van der Waals surface area contributed by atoms with Crippen LogP contribution in [-0.2, 0) is 5.41 Å². The molecule has 2 aromatic heterocycles. The highest BCUT2D eigenvalue weighted by Crippen LogP contribution is 2.59. The quantitative estimate of drug-likeness (QED) is 0.151. The summed E-state index contributed by atoms with van der Waals surface area (Å²) in [6.07, 6.45) is 0. The van der Waals surface area contributed by atoms with Crippen LogP contribution >= 0.6 is 11.3 Å². The monoisotopic (exact) mass is 909 g/mol. The van der Waals surface area contributed by atoms with Gasteiger partial charge in [0.1, 0.15) is 11.2 Å². The number of nitrogens with zero attached hydrogens (tertiary/aromatic N) is 1. The van der Waals surface area contributed by atoms with Crippen molar-refractivity contribution in [3.63, 3.8) is 0 Å². The Balaban J connectivity index is 0.921. The Labute approximate surface area is 410 Å². The molecule has 0 saturated carbocycles. The molecule has 70 heavy (non-hydrogen) atoms. The molecule has 1 aliphatic carbocycles. The van der Waals surface area contributed by atoms with Gasteiger partial charge in [-0.15, -0.1) is 11.3 Å². The van der Waals surface area contributed by atoms with E-state index in [1.165, 1.54) is 64.7 Å². The van der Waals surface area contributed by atoms with Gasteiger partial charge in [0.2, 0.25) is 0 Å². The number of benzene rings is 11. The summed E-state index contributed by atoms with van der Waals surface area (Å²) in [6, 6.07) is 95.5. The van der Waals surface area contributed by atoms with Gasteiger partial charge in [-0.3, -0.25) is 0 Å². The molecule has 0 bridgehead atoms. The van der Waals surface area contributed by atoms with E-state index in [0.717, 1.165) is 61.3 Å². The molecule has 0 N–H and O–H groups in total. The van der Waals surface area contributed by atoms with Gasteiger partial charge in [0.05, 0.1) is 11.1 Å². The normalized spacial score (nSPS) is 12.7. The van der Waals surface area contributed by atoms with E-state index in [1.807, 2.05) is 23.5 Å². The van der Waals surface area contributed by atoms with Crippen molar-refractivity contribution in [3.05, 3.63) is 283 Å². The maximum atomic E-state index is 6.48. The number of rotatable bonds is 8. The van der Waals surface area contributed by atoms with Crippen molar-refractivity contribution in [2.24, 2.45) is 0 Å². The summed E-state index contributed by atoms with van der Waals surface area (Å²) in [5.41, 5.74) is 19.0.